The van der Waals surface area contributed by atoms with E-state index in [0.717, 1.165) is 21.6 Å². The van der Waals surface area contributed by atoms with Crippen LogP contribution in [0.1, 0.15) is 32.3 Å². The Morgan fingerprint density at radius 1 is 1.36 bits per heavy atom. The molecule has 0 aliphatic rings. The molecule has 0 aliphatic heterocycles. The van der Waals surface area contributed by atoms with Gasteiger partial charge in [-0.1, -0.05) is 34.0 Å². The summed E-state index contributed by atoms with van der Waals surface area (Å²) in [6, 6.07) is 9.96. The number of nitriles is 1. The summed E-state index contributed by atoms with van der Waals surface area (Å²) < 4.78 is 0.877. The van der Waals surface area contributed by atoms with E-state index in [1.54, 1.807) is 0 Å². The summed E-state index contributed by atoms with van der Waals surface area (Å²) in [5.74, 6) is 3.84. The summed E-state index contributed by atoms with van der Waals surface area (Å²) in [5.41, 5.74) is 1.91. The molecule has 0 spiro atoms. The highest BCUT2D eigenvalue weighted by Crippen LogP contribution is 2.17. The Labute approximate surface area is 140 Å². The van der Waals surface area contributed by atoms with Crippen molar-refractivity contribution >= 4 is 27.5 Å². The first-order chi connectivity index (χ1) is 10.5. The van der Waals surface area contributed by atoms with Gasteiger partial charge in [0.2, 0.25) is 0 Å². The van der Waals surface area contributed by atoms with Crippen LogP contribution < -0.4 is 10.6 Å². The van der Waals surface area contributed by atoms with Crippen molar-refractivity contribution in [2.24, 2.45) is 4.99 Å². The molecule has 1 aromatic carbocycles. The third-order valence-electron chi connectivity index (χ3n) is 2.89. The molecule has 114 valence electrons. The minimum atomic E-state index is -0.109. The molecule has 1 aromatic rings. The molecule has 0 radical (unpaired) electrons. The fourth-order valence-electron chi connectivity index (χ4n) is 1.71. The van der Waals surface area contributed by atoms with Gasteiger partial charge < -0.3 is 10.6 Å². The van der Waals surface area contributed by atoms with Crippen LogP contribution >= 0.6 is 15.9 Å². The summed E-state index contributed by atoms with van der Waals surface area (Å²) >= 11 is 3.40. The maximum Gasteiger partial charge on any atom is 0.138 e. The van der Waals surface area contributed by atoms with E-state index in [-0.39, 0.29) is 5.92 Å². The maximum atomic E-state index is 8.91. The number of nitrogens with one attached hydrogen (secondary N) is 2. The van der Waals surface area contributed by atoms with E-state index in [4.69, 9.17) is 11.7 Å². The molecule has 0 aromatic heterocycles. The van der Waals surface area contributed by atoms with Crippen LogP contribution in [0, 0.1) is 23.7 Å². The second kappa shape index (κ2) is 8.92. The van der Waals surface area contributed by atoms with E-state index in [9.17, 15) is 0 Å². The van der Waals surface area contributed by atoms with Crippen LogP contribution in [0.2, 0.25) is 0 Å². The Hall–Kier alpha value is -2.24. The monoisotopic (exact) mass is 358 g/mol. The van der Waals surface area contributed by atoms with E-state index < -0.39 is 0 Å². The second-order valence-corrected chi connectivity index (χ2v) is 5.92. The van der Waals surface area contributed by atoms with Crippen LogP contribution in [0.4, 0.5) is 5.69 Å². The van der Waals surface area contributed by atoms with Gasteiger partial charge in [0, 0.05) is 10.2 Å². The average molecular weight is 359 g/mol. The van der Waals surface area contributed by atoms with Gasteiger partial charge in [0.15, 0.2) is 0 Å². The van der Waals surface area contributed by atoms with Gasteiger partial charge in [0.05, 0.1) is 18.5 Å². The molecule has 0 bridgehead atoms. The molecule has 1 unspecified atom stereocenters. The highest BCUT2D eigenvalue weighted by molar-refractivity contribution is 9.11. The number of allylic oxidation sites excluding steroid dienone is 1. The number of rotatable bonds is 5. The third kappa shape index (κ3) is 5.63. The lowest BCUT2D eigenvalue weighted by atomic mass is 10.0. The van der Waals surface area contributed by atoms with E-state index >= 15 is 0 Å². The molecular formula is C17H19BrN4. The SMILES string of the molecule is C#CCNC(/N=C(\C)Nc1ccc(C(C)C#N)cc1)=C(/C)Br. The molecule has 22 heavy (non-hydrogen) atoms. The van der Waals surface area contributed by atoms with Crippen LogP contribution in [-0.4, -0.2) is 12.4 Å². The summed E-state index contributed by atoms with van der Waals surface area (Å²) in [5, 5.41) is 15.2. The van der Waals surface area contributed by atoms with Crippen molar-refractivity contribution in [3.63, 3.8) is 0 Å². The average Bonchev–Trinajstić information content (AvgIpc) is 2.51. The molecule has 0 heterocycles. The highest BCUT2D eigenvalue weighted by atomic mass is 79.9. The van der Waals surface area contributed by atoms with Crippen molar-refractivity contribution in [2.45, 2.75) is 26.7 Å². The molecule has 1 rings (SSSR count). The largest absolute Gasteiger partial charge is 0.358 e. The topological polar surface area (TPSA) is 60.2 Å². The van der Waals surface area contributed by atoms with Gasteiger partial charge in [-0.3, -0.25) is 0 Å². The number of halogens is 1. The van der Waals surface area contributed by atoms with Crippen LogP contribution in [-0.2, 0) is 0 Å². The third-order valence-corrected chi connectivity index (χ3v) is 3.27. The number of anilines is 1. The first kappa shape index (κ1) is 17.8. The Balaban J connectivity index is 2.81. The Kier molecular flexibility index (Phi) is 7.22. The zero-order chi connectivity index (χ0) is 16.5. The van der Waals surface area contributed by atoms with Gasteiger partial charge in [-0.05, 0) is 38.5 Å². The Morgan fingerprint density at radius 2 is 2.00 bits per heavy atom. The van der Waals surface area contributed by atoms with Crippen molar-refractivity contribution in [1.29, 1.82) is 5.26 Å². The first-order valence-corrected chi connectivity index (χ1v) is 7.62. The molecule has 0 amide bonds. The molecule has 1 atom stereocenters. The predicted octanol–water partition coefficient (Wildman–Crippen LogP) is 3.95. The number of nitrogens with zero attached hydrogens (tertiary/aromatic N) is 2. The van der Waals surface area contributed by atoms with Gasteiger partial charge in [-0.2, -0.15) is 5.26 Å². The van der Waals surface area contributed by atoms with E-state index in [1.165, 1.54) is 0 Å². The van der Waals surface area contributed by atoms with Crippen molar-refractivity contribution in [3.05, 3.63) is 40.1 Å². The standard InChI is InChI=1S/C17H19BrN4/c1-5-10-20-17(13(3)18)22-14(4)21-16-8-6-15(7-9-16)12(2)11-19/h1,6-9,12,20H,10H2,2-4H3,(H,21,22)/b17-13+. The van der Waals surface area contributed by atoms with E-state index in [2.05, 4.69) is 43.5 Å². The lowest BCUT2D eigenvalue weighted by molar-refractivity contribution is 0.895. The van der Waals surface area contributed by atoms with E-state index in [0.29, 0.717) is 12.4 Å². The number of benzene rings is 1. The summed E-state index contributed by atoms with van der Waals surface area (Å²) in [6.45, 7) is 6.06. The number of terminal acetylenes is 1. The molecule has 5 heteroatoms. The van der Waals surface area contributed by atoms with Gasteiger partial charge in [0.25, 0.3) is 0 Å². The normalized spacial score (nSPS) is 13.5. The quantitative estimate of drug-likeness (QED) is 0.475. The fourth-order valence-corrected chi connectivity index (χ4v) is 1.94. The molecule has 0 saturated heterocycles. The minimum Gasteiger partial charge on any atom is -0.358 e. The van der Waals surface area contributed by atoms with Gasteiger partial charge >= 0.3 is 0 Å². The van der Waals surface area contributed by atoms with Gasteiger partial charge in [-0.25, -0.2) is 4.99 Å². The maximum absolute atomic E-state index is 8.91. The number of hydrogen-bond donors (Lipinski definition) is 2. The second-order valence-electron chi connectivity index (χ2n) is 4.73. The Morgan fingerprint density at radius 3 is 2.50 bits per heavy atom. The molecule has 4 nitrogen and oxygen atoms in total. The number of hydrogen-bond acceptors (Lipinski definition) is 3. The van der Waals surface area contributed by atoms with Crippen LogP contribution in [0.15, 0.2) is 39.6 Å². The summed E-state index contributed by atoms with van der Waals surface area (Å²) in [6.07, 6.45) is 5.24. The summed E-state index contributed by atoms with van der Waals surface area (Å²) in [7, 11) is 0. The van der Waals surface area contributed by atoms with Crippen molar-refractivity contribution in [2.75, 3.05) is 11.9 Å². The number of amidine groups is 1. The number of aliphatic imine (C=N–C) groups is 1. The van der Waals surface area contributed by atoms with E-state index in [1.807, 2.05) is 45.0 Å². The minimum absolute atomic E-state index is 0.109. The fraction of sp³-hybridized carbons (Fsp3) is 0.294. The van der Waals surface area contributed by atoms with Crippen LogP contribution in [0.25, 0.3) is 0 Å². The molecular weight excluding hydrogens is 340 g/mol. The lowest BCUT2D eigenvalue weighted by Crippen LogP contribution is -2.16. The highest BCUT2D eigenvalue weighted by Gasteiger charge is 2.04. The molecule has 0 saturated carbocycles. The smallest absolute Gasteiger partial charge is 0.138 e. The molecule has 0 fully saturated rings. The zero-order valence-electron chi connectivity index (χ0n) is 12.9. The van der Waals surface area contributed by atoms with Crippen LogP contribution in [0.5, 0.6) is 0 Å². The lowest BCUT2D eigenvalue weighted by Gasteiger charge is -2.10. The predicted molar refractivity (Wildman–Crippen MR) is 95.7 cm³/mol. The van der Waals surface area contributed by atoms with Gasteiger partial charge in [-0.15, -0.1) is 6.42 Å². The van der Waals surface area contributed by atoms with Crippen molar-refractivity contribution in [1.82, 2.24) is 5.32 Å². The zero-order valence-corrected chi connectivity index (χ0v) is 14.5. The van der Waals surface area contributed by atoms with Crippen molar-refractivity contribution in [3.8, 4) is 18.4 Å². The van der Waals surface area contributed by atoms with Gasteiger partial charge in [0.1, 0.15) is 11.7 Å². The van der Waals surface area contributed by atoms with Crippen LogP contribution in [0.3, 0.4) is 0 Å². The first-order valence-electron chi connectivity index (χ1n) is 6.83. The Bertz CT molecular complexity index is 641. The van der Waals surface area contributed by atoms with Crippen molar-refractivity contribution < 1.29 is 0 Å². The molecule has 0 aliphatic carbocycles. The summed E-state index contributed by atoms with van der Waals surface area (Å²) in [4.78, 5) is 4.46. The molecule has 2 N–H and O–H groups in total.